The lowest BCUT2D eigenvalue weighted by atomic mass is 10.0. The molecule has 2 aromatic rings. The topological polar surface area (TPSA) is 43.8 Å². The number of anilines is 1. The van der Waals surface area contributed by atoms with E-state index in [1.807, 2.05) is 49.4 Å². The molecule has 1 heterocycles. The van der Waals surface area contributed by atoms with Crippen LogP contribution < -0.4 is 4.90 Å². The lowest BCUT2D eigenvalue weighted by Gasteiger charge is -2.28. The van der Waals surface area contributed by atoms with Crippen molar-refractivity contribution >= 4 is 11.8 Å². The minimum Gasteiger partial charge on any atom is -0.465 e. The standard InChI is InChI=1S/C20H24N2O2/c1-15-10-11-19(18(13-15)16-7-4-3-5-8-16)22(20(23)24)14-17-9-6-12-21(17)2/h3-5,7-8,10-11,13,17H,6,9,12,14H2,1-2H3,(H,23,24). The smallest absolute Gasteiger partial charge is 0.411 e. The number of likely N-dealkylation sites (N-methyl/N-ethyl adjacent to an activating group) is 1. The van der Waals surface area contributed by atoms with E-state index in [0.29, 0.717) is 6.54 Å². The molecule has 1 fully saturated rings. The summed E-state index contributed by atoms with van der Waals surface area (Å²) in [5.74, 6) is 0. The van der Waals surface area contributed by atoms with Gasteiger partial charge in [-0.05, 0) is 51.1 Å². The van der Waals surface area contributed by atoms with E-state index < -0.39 is 6.09 Å². The van der Waals surface area contributed by atoms with E-state index in [9.17, 15) is 9.90 Å². The van der Waals surface area contributed by atoms with Crippen molar-refractivity contribution in [3.63, 3.8) is 0 Å². The monoisotopic (exact) mass is 324 g/mol. The van der Waals surface area contributed by atoms with Gasteiger partial charge in [0.05, 0.1) is 5.69 Å². The molecule has 24 heavy (non-hydrogen) atoms. The maximum atomic E-state index is 12.0. The van der Waals surface area contributed by atoms with Crippen molar-refractivity contribution in [3.05, 3.63) is 54.1 Å². The number of carbonyl (C=O) groups is 1. The van der Waals surface area contributed by atoms with E-state index in [1.54, 1.807) is 0 Å². The SMILES string of the molecule is Cc1ccc(N(CC2CCCN2C)C(=O)O)c(-c2ccccc2)c1. The van der Waals surface area contributed by atoms with E-state index in [4.69, 9.17) is 0 Å². The highest BCUT2D eigenvalue weighted by Gasteiger charge is 2.27. The third-order valence-electron chi connectivity index (χ3n) is 4.82. The van der Waals surface area contributed by atoms with Crippen LogP contribution in [0.2, 0.25) is 0 Å². The highest BCUT2D eigenvalue weighted by molar-refractivity contribution is 5.93. The van der Waals surface area contributed by atoms with Crippen molar-refractivity contribution < 1.29 is 9.90 Å². The molecule has 0 spiro atoms. The molecule has 1 unspecified atom stereocenters. The van der Waals surface area contributed by atoms with Crippen molar-refractivity contribution in [1.82, 2.24) is 4.90 Å². The molecule has 0 aliphatic carbocycles. The molecule has 4 heteroatoms. The van der Waals surface area contributed by atoms with E-state index in [-0.39, 0.29) is 6.04 Å². The van der Waals surface area contributed by atoms with Crippen LogP contribution in [0.5, 0.6) is 0 Å². The molecular formula is C20H24N2O2. The summed E-state index contributed by atoms with van der Waals surface area (Å²) < 4.78 is 0. The summed E-state index contributed by atoms with van der Waals surface area (Å²) in [5, 5.41) is 9.82. The number of aryl methyl sites for hydroxylation is 1. The Labute approximate surface area is 143 Å². The summed E-state index contributed by atoms with van der Waals surface area (Å²) in [7, 11) is 2.07. The van der Waals surface area contributed by atoms with Crippen LogP contribution in [0.15, 0.2) is 48.5 Å². The maximum Gasteiger partial charge on any atom is 0.411 e. The summed E-state index contributed by atoms with van der Waals surface area (Å²) in [6.45, 7) is 3.58. The van der Waals surface area contributed by atoms with Gasteiger partial charge < -0.3 is 10.0 Å². The number of benzene rings is 2. The minimum atomic E-state index is -0.892. The first-order valence-electron chi connectivity index (χ1n) is 8.43. The molecule has 0 radical (unpaired) electrons. The van der Waals surface area contributed by atoms with Gasteiger partial charge >= 0.3 is 6.09 Å². The van der Waals surface area contributed by atoms with Gasteiger partial charge in [0.2, 0.25) is 0 Å². The number of amides is 1. The Morgan fingerprint density at radius 2 is 2.00 bits per heavy atom. The summed E-state index contributed by atoms with van der Waals surface area (Å²) in [6.07, 6.45) is 1.29. The van der Waals surface area contributed by atoms with Crippen molar-refractivity contribution in [2.75, 3.05) is 25.0 Å². The fourth-order valence-corrected chi connectivity index (χ4v) is 3.43. The van der Waals surface area contributed by atoms with Crippen LogP contribution >= 0.6 is 0 Å². The molecule has 3 rings (SSSR count). The number of carboxylic acid groups (broad SMARTS) is 1. The first kappa shape index (κ1) is 16.5. The third kappa shape index (κ3) is 3.44. The maximum absolute atomic E-state index is 12.0. The lowest BCUT2D eigenvalue weighted by molar-refractivity contribution is 0.198. The highest BCUT2D eigenvalue weighted by atomic mass is 16.4. The van der Waals surface area contributed by atoms with Crippen LogP contribution in [-0.2, 0) is 0 Å². The van der Waals surface area contributed by atoms with Gasteiger partial charge in [-0.1, -0.05) is 42.0 Å². The number of nitrogens with zero attached hydrogens (tertiary/aromatic N) is 2. The largest absolute Gasteiger partial charge is 0.465 e. The van der Waals surface area contributed by atoms with Crippen LogP contribution in [0, 0.1) is 6.92 Å². The van der Waals surface area contributed by atoms with Gasteiger partial charge in [-0.2, -0.15) is 0 Å². The third-order valence-corrected chi connectivity index (χ3v) is 4.82. The van der Waals surface area contributed by atoms with Gasteiger partial charge in [-0.15, -0.1) is 0 Å². The molecule has 1 aliphatic rings. The molecule has 1 saturated heterocycles. The number of hydrogen-bond acceptors (Lipinski definition) is 2. The zero-order chi connectivity index (χ0) is 17.1. The summed E-state index contributed by atoms with van der Waals surface area (Å²) >= 11 is 0. The number of hydrogen-bond donors (Lipinski definition) is 1. The van der Waals surface area contributed by atoms with Crippen molar-refractivity contribution in [1.29, 1.82) is 0 Å². The van der Waals surface area contributed by atoms with Gasteiger partial charge in [0.1, 0.15) is 0 Å². The average molecular weight is 324 g/mol. The predicted molar refractivity (Wildman–Crippen MR) is 97.6 cm³/mol. The Morgan fingerprint density at radius 1 is 1.25 bits per heavy atom. The zero-order valence-corrected chi connectivity index (χ0v) is 14.3. The van der Waals surface area contributed by atoms with Crippen LogP contribution in [-0.4, -0.2) is 42.3 Å². The second-order valence-electron chi connectivity index (χ2n) is 6.56. The summed E-state index contributed by atoms with van der Waals surface area (Å²) in [6, 6.07) is 16.3. The van der Waals surface area contributed by atoms with Crippen LogP contribution in [0.3, 0.4) is 0 Å². The quantitative estimate of drug-likeness (QED) is 0.915. The van der Waals surface area contributed by atoms with Gasteiger partial charge in [-0.3, -0.25) is 4.90 Å². The predicted octanol–water partition coefficient (Wildman–Crippen LogP) is 4.24. The van der Waals surface area contributed by atoms with E-state index in [0.717, 1.165) is 41.8 Å². The van der Waals surface area contributed by atoms with Crippen LogP contribution in [0.4, 0.5) is 10.5 Å². The molecule has 1 atom stereocenters. The number of likely N-dealkylation sites (tertiary alicyclic amines) is 1. The summed E-state index contributed by atoms with van der Waals surface area (Å²) in [5.41, 5.74) is 3.90. The lowest BCUT2D eigenvalue weighted by Crippen LogP contribution is -2.41. The first-order valence-corrected chi connectivity index (χ1v) is 8.43. The fraction of sp³-hybridized carbons (Fsp3) is 0.350. The van der Waals surface area contributed by atoms with E-state index >= 15 is 0 Å². The molecule has 2 aromatic carbocycles. The van der Waals surface area contributed by atoms with E-state index in [1.165, 1.54) is 4.90 Å². The zero-order valence-electron chi connectivity index (χ0n) is 14.3. The molecule has 0 aromatic heterocycles. The molecular weight excluding hydrogens is 300 g/mol. The normalized spacial score (nSPS) is 17.8. The Morgan fingerprint density at radius 3 is 2.62 bits per heavy atom. The summed E-state index contributed by atoms with van der Waals surface area (Å²) in [4.78, 5) is 15.7. The van der Waals surface area contributed by atoms with Crippen molar-refractivity contribution in [3.8, 4) is 11.1 Å². The van der Waals surface area contributed by atoms with Gasteiger partial charge in [0.15, 0.2) is 0 Å². The molecule has 1 amide bonds. The van der Waals surface area contributed by atoms with Crippen molar-refractivity contribution in [2.24, 2.45) is 0 Å². The number of rotatable bonds is 4. The fourth-order valence-electron chi connectivity index (χ4n) is 3.43. The molecule has 126 valence electrons. The van der Waals surface area contributed by atoms with Crippen LogP contribution in [0.25, 0.3) is 11.1 Å². The van der Waals surface area contributed by atoms with Gasteiger partial charge in [0.25, 0.3) is 0 Å². The van der Waals surface area contributed by atoms with Crippen molar-refractivity contribution in [2.45, 2.75) is 25.8 Å². The average Bonchev–Trinajstić information content (AvgIpc) is 2.98. The molecule has 0 saturated carbocycles. The second kappa shape index (κ2) is 7.05. The van der Waals surface area contributed by atoms with Gasteiger partial charge in [0, 0.05) is 18.2 Å². The Hall–Kier alpha value is -2.33. The molecule has 1 aliphatic heterocycles. The highest BCUT2D eigenvalue weighted by Crippen LogP contribution is 2.33. The Kier molecular flexibility index (Phi) is 4.86. The van der Waals surface area contributed by atoms with Gasteiger partial charge in [-0.25, -0.2) is 4.79 Å². The second-order valence-corrected chi connectivity index (χ2v) is 6.56. The molecule has 1 N–H and O–H groups in total. The minimum absolute atomic E-state index is 0.283. The Bertz CT molecular complexity index is 715. The molecule has 4 nitrogen and oxygen atoms in total. The Balaban J connectivity index is 2.00. The van der Waals surface area contributed by atoms with Crippen LogP contribution in [0.1, 0.15) is 18.4 Å². The first-order chi connectivity index (χ1) is 11.6. The molecule has 0 bridgehead atoms. The van der Waals surface area contributed by atoms with E-state index in [2.05, 4.69) is 18.0 Å².